The Morgan fingerprint density at radius 1 is 1.73 bits per heavy atom. The van der Waals surface area contributed by atoms with Gasteiger partial charge in [-0.1, -0.05) is 5.69 Å². The van der Waals surface area contributed by atoms with E-state index in [1.54, 1.807) is 14.0 Å². The van der Waals surface area contributed by atoms with Gasteiger partial charge in [-0.3, -0.25) is 4.68 Å². The van der Waals surface area contributed by atoms with Crippen molar-refractivity contribution in [2.75, 3.05) is 0 Å². The van der Waals surface area contributed by atoms with E-state index in [1.165, 1.54) is 4.68 Å². The third kappa shape index (κ3) is 2.38. The zero-order chi connectivity index (χ0) is 7.72. The smallest absolute Gasteiger partial charge is 0.192 e. The van der Waals surface area contributed by atoms with E-state index in [4.69, 9.17) is 5.11 Å². The fourth-order valence-electron chi connectivity index (χ4n) is 0.598. The summed E-state index contributed by atoms with van der Waals surface area (Å²) in [5.74, 6) is -1.04. The molecular weight excluding hydrogens is 221 g/mol. The van der Waals surface area contributed by atoms with Crippen LogP contribution in [0, 0.1) is 13.0 Å². The first-order valence-corrected chi connectivity index (χ1v) is 2.77. The van der Waals surface area contributed by atoms with Crippen molar-refractivity contribution in [2.45, 2.75) is 6.92 Å². The molecule has 0 aliphatic heterocycles. The van der Waals surface area contributed by atoms with Crippen molar-refractivity contribution < 1.29 is 42.6 Å². The Hall–Kier alpha value is -0.216. The molecule has 0 spiro atoms. The van der Waals surface area contributed by atoms with Crippen LogP contribution < -0.4 is 0 Å². The SMILES string of the molecule is Cc1[c-]c(C(=O)O)nn1C.[Y]. The Morgan fingerprint density at radius 3 is 2.45 bits per heavy atom. The molecule has 0 saturated heterocycles. The topological polar surface area (TPSA) is 55.1 Å². The number of rotatable bonds is 1. The van der Waals surface area contributed by atoms with Gasteiger partial charge >= 0.3 is 0 Å². The molecule has 0 aliphatic rings. The van der Waals surface area contributed by atoms with Crippen LogP contribution in [0.15, 0.2) is 0 Å². The van der Waals surface area contributed by atoms with Crippen LogP contribution in [0.25, 0.3) is 0 Å². The summed E-state index contributed by atoms with van der Waals surface area (Å²) in [6.07, 6.45) is 0. The zero-order valence-electron chi connectivity index (χ0n) is 6.33. The van der Waals surface area contributed by atoms with Gasteiger partial charge in [0.25, 0.3) is 0 Å². The van der Waals surface area contributed by atoms with Crippen molar-refractivity contribution in [3.63, 3.8) is 0 Å². The molecule has 1 aromatic heterocycles. The molecule has 0 saturated carbocycles. The van der Waals surface area contributed by atoms with Crippen LogP contribution in [0.2, 0.25) is 0 Å². The molecule has 1 aromatic rings. The molecule has 0 bridgehead atoms. The maximum absolute atomic E-state index is 10.3. The molecule has 0 aromatic carbocycles. The maximum Gasteiger partial charge on any atom is 0.192 e. The molecule has 1 rings (SSSR count). The van der Waals surface area contributed by atoms with Crippen molar-refractivity contribution in [2.24, 2.45) is 7.05 Å². The van der Waals surface area contributed by atoms with Gasteiger partial charge in [0.2, 0.25) is 0 Å². The van der Waals surface area contributed by atoms with Gasteiger partial charge in [-0.2, -0.15) is 6.07 Å². The van der Waals surface area contributed by atoms with Crippen molar-refractivity contribution >= 4 is 5.97 Å². The van der Waals surface area contributed by atoms with E-state index >= 15 is 0 Å². The number of carbonyl (C=O) groups is 1. The minimum atomic E-state index is -1.04. The number of carboxylic acid groups (broad SMARTS) is 1. The molecule has 0 aliphatic carbocycles. The van der Waals surface area contributed by atoms with Gasteiger partial charge < -0.3 is 9.90 Å². The molecule has 1 N–H and O–H groups in total. The summed E-state index contributed by atoms with van der Waals surface area (Å²) >= 11 is 0. The van der Waals surface area contributed by atoms with E-state index in [9.17, 15) is 4.79 Å². The third-order valence-electron chi connectivity index (χ3n) is 1.24. The van der Waals surface area contributed by atoms with E-state index in [-0.39, 0.29) is 38.4 Å². The second-order valence-electron chi connectivity index (χ2n) is 1.99. The Kier molecular flexibility index (Phi) is 3.90. The first-order chi connectivity index (χ1) is 4.61. The number of hydrogen-bond donors (Lipinski definition) is 1. The fourth-order valence-corrected chi connectivity index (χ4v) is 0.598. The quantitative estimate of drug-likeness (QED) is 0.699. The molecule has 1 radical (unpaired) electrons. The van der Waals surface area contributed by atoms with Gasteiger partial charge in [-0.05, 0) is 12.6 Å². The molecule has 11 heavy (non-hydrogen) atoms. The molecule has 0 amide bonds. The summed E-state index contributed by atoms with van der Waals surface area (Å²) in [6, 6.07) is 2.60. The average Bonchev–Trinajstić information content (AvgIpc) is 2.13. The summed E-state index contributed by atoms with van der Waals surface area (Å²) in [5.41, 5.74) is 0.692. The van der Waals surface area contributed by atoms with Crippen molar-refractivity contribution in [3.8, 4) is 0 Å². The molecule has 1 heterocycles. The Bertz CT molecular complexity index is 250. The minimum absolute atomic E-state index is 0. The Labute approximate surface area is 89.5 Å². The molecule has 5 heteroatoms. The number of hydrogen-bond acceptors (Lipinski definition) is 2. The standard InChI is InChI=1S/C6H7N2O2.Y/c1-4-3-5(6(9)10)7-8(4)2;/h1-2H3,(H,9,10);/q-1;. The van der Waals surface area contributed by atoms with Crippen LogP contribution in [0.1, 0.15) is 16.2 Å². The maximum atomic E-state index is 10.3. The second-order valence-corrected chi connectivity index (χ2v) is 1.99. The van der Waals surface area contributed by atoms with Crippen LogP contribution in [0.3, 0.4) is 0 Å². The number of aryl methyl sites for hydroxylation is 2. The molecule has 57 valence electrons. The van der Waals surface area contributed by atoms with Crippen LogP contribution in [-0.2, 0) is 39.8 Å². The average molecular weight is 228 g/mol. The summed E-state index contributed by atoms with van der Waals surface area (Å²) in [4.78, 5) is 10.3. The van der Waals surface area contributed by atoms with Gasteiger partial charge in [0.15, 0.2) is 5.97 Å². The summed E-state index contributed by atoms with van der Waals surface area (Å²) < 4.78 is 1.48. The van der Waals surface area contributed by atoms with Crippen LogP contribution in [0.5, 0.6) is 0 Å². The number of aromatic nitrogens is 2. The van der Waals surface area contributed by atoms with Crippen LogP contribution in [0.4, 0.5) is 0 Å². The summed E-state index contributed by atoms with van der Waals surface area (Å²) in [5, 5.41) is 12.1. The number of nitrogens with zero attached hydrogens (tertiary/aromatic N) is 2. The molecule has 0 unspecified atom stereocenters. The summed E-state index contributed by atoms with van der Waals surface area (Å²) in [6.45, 7) is 1.75. The van der Waals surface area contributed by atoms with Gasteiger partial charge in [0, 0.05) is 39.8 Å². The van der Waals surface area contributed by atoms with Crippen molar-refractivity contribution in [3.05, 3.63) is 17.5 Å². The van der Waals surface area contributed by atoms with Crippen molar-refractivity contribution in [1.29, 1.82) is 0 Å². The predicted molar refractivity (Wildman–Crippen MR) is 33.7 cm³/mol. The monoisotopic (exact) mass is 228 g/mol. The van der Waals surface area contributed by atoms with Crippen LogP contribution in [-0.4, -0.2) is 20.9 Å². The second kappa shape index (κ2) is 3.97. The fraction of sp³-hybridized carbons (Fsp3) is 0.333. The first-order valence-electron chi connectivity index (χ1n) is 2.77. The zero-order valence-corrected chi connectivity index (χ0v) is 9.17. The van der Waals surface area contributed by atoms with Gasteiger partial charge in [0.1, 0.15) is 0 Å². The van der Waals surface area contributed by atoms with Gasteiger partial charge in [-0.15, -0.1) is 0 Å². The van der Waals surface area contributed by atoms with Crippen LogP contribution >= 0.6 is 0 Å². The summed E-state index contributed by atoms with van der Waals surface area (Å²) in [7, 11) is 1.68. The van der Waals surface area contributed by atoms with E-state index in [2.05, 4.69) is 11.2 Å². The first kappa shape index (κ1) is 10.8. The Morgan fingerprint density at radius 2 is 2.27 bits per heavy atom. The predicted octanol–water partition coefficient (Wildman–Crippen LogP) is 0.224. The number of carboxylic acids is 1. The molecule has 4 nitrogen and oxygen atoms in total. The third-order valence-corrected chi connectivity index (χ3v) is 1.24. The minimum Gasteiger partial charge on any atom is -0.561 e. The van der Waals surface area contributed by atoms with E-state index in [1.807, 2.05) is 0 Å². The molecule has 0 atom stereocenters. The largest absolute Gasteiger partial charge is 0.561 e. The molecular formula is C6H7N2O2Y-. The van der Waals surface area contributed by atoms with E-state index in [0.29, 0.717) is 0 Å². The van der Waals surface area contributed by atoms with Crippen molar-refractivity contribution in [1.82, 2.24) is 9.78 Å². The molecule has 0 fully saturated rings. The number of aromatic carboxylic acids is 1. The van der Waals surface area contributed by atoms with E-state index in [0.717, 1.165) is 5.69 Å². The normalized spacial score (nSPS) is 8.91. The Balaban J connectivity index is 0.000001000. The van der Waals surface area contributed by atoms with E-state index < -0.39 is 5.97 Å². The van der Waals surface area contributed by atoms with Gasteiger partial charge in [0.05, 0.1) is 0 Å². The van der Waals surface area contributed by atoms with Gasteiger partial charge in [-0.25, -0.2) is 5.10 Å².